The molecule has 1 atom stereocenters. The fourth-order valence-electron chi connectivity index (χ4n) is 7.14. The van der Waals surface area contributed by atoms with Crippen molar-refractivity contribution in [2.24, 2.45) is 23.2 Å². The summed E-state index contributed by atoms with van der Waals surface area (Å²) in [6.07, 6.45) is 7.36. The molecule has 0 radical (unpaired) electrons. The Morgan fingerprint density at radius 1 is 0.967 bits per heavy atom. The van der Waals surface area contributed by atoms with Crippen LogP contribution in [-0.2, 0) is 14.3 Å². The van der Waals surface area contributed by atoms with Crippen LogP contribution in [0.25, 0.3) is 0 Å². The van der Waals surface area contributed by atoms with Crippen LogP contribution in [0.4, 0.5) is 0 Å². The molecule has 1 heterocycles. The van der Waals surface area contributed by atoms with Gasteiger partial charge < -0.3 is 9.64 Å². The van der Waals surface area contributed by atoms with Crippen molar-refractivity contribution in [2.75, 3.05) is 33.3 Å². The van der Waals surface area contributed by atoms with Crippen LogP contribution in [0, 0.1) is 23.2 Å². The van der Waals surface area contributed by atoms with E-state index < -0.39 is 6.04 Å². The van der Waals surface area contributed by atoms with Crippen LogP contribution in [0.3, 0.4) is 0 Å². The zero-order valence-corrected chi connectivity index (χ0v) is 18.4. The average molecular weight is 431 g/mol. The molecular weight excluding hydrogens is 400 g/mol. The standard InChI is InChI=1S/C24H31ClN2O3/c1-30-22(28)21(19-2-4-20(25)5-3-19)26-6-8-27(9-7-26)23(29)24-13-16-10-17(14-24)12-18(11-16)15-24/h2-5,16-18,21H,6-15H2,1H3. The maximum absolute atomic E-state index is 13.6. The Bertz CT molecular complexity index is 781. The minimum atomic E-state index is -0.455. The van der Waals surface area contributed by atoms with Crippen LogP contribution in [0.15, 0.2) is 24.3 Å². The number of hydrogen-bond donors (Lipinski definition) is 0. The Kier molecular flexibility index (Phi) is 5.30. The number of halogens is 1. The Morgan fingerprint density at radius 2 is 1.50 bits per heavy atom. The predicted octanol–water partition coefficient (Wildman–Crippen LogP) is 3.91. The van der Waals surface area contributed by atoms with E-state index in [0.29, 0.717) is 37.1 Å². The van der Waals surface area contributed by atoms with Gasteiger partial charge in [0.05, 0.1) is 12.5 Å². The van der Waals surface area contributed by atoms with Gasteiger partial charge in [0.25, 0.3) is 0 Å². The molecule has 1 unspecified atom stereocenters. The summed E-state index contributed by atoms with van der Waals surface area (Å²) in [6.45, 7) is 2.73. The molecule has 0 spiro atoms. The predicted molar refractivity (Wildman–Crippen MR) is 115 cm³/mol. The molecule has 4 bridgehead atoms. The highest BCUT2D eigenvalue weighted by molar-refractivity contribution is 6.30. The van der Waals surface area contributed by atoms with Crippen molar-refractivity contribution in [3.63, 3.8) is 0 Å². The second-order valence-electron chi connectivity index (χ2n) is 10.0. The van der Waals surface area contributed by atoms with Crippen molar-refractivity contribution in [2.45, 2.75) is 44.6 Å². The first-order chi connectivity index (χ1) is 14.5. The van der Waals surface area contributed by atoms with Crippen molar-refractivity contribution >= 4 is 23.5 Å². The molecule has 1 amide bonds. The molecular formula is C24H31ClN2O3. The van der Waals surface area contributed by atoms with Gasteiger partial charge in [-0.05, 0) is 74.0 Å². The number of hydrogen-bond acceptors (Lipinski definition) is 4. The van der Waals surface area contributed by atoms with E-state index in [-0.39, 0.29) is 11.4 Å². The molecule has 5 aliphatic rings. The van der Waals surface area contributed by atoms with Crippen LogP contribution in [0.1, 0.15) is 50.1 Å². The molecule has 1 aromatic carbocycles. The number of methoxy groups -OCH3 is 1. The molecule has 1 saturated heterocycles. The first-order valence-corrected chi connectivity index (χ1v) is 11.7. The van der Waals surface area contributed by atoms with E-state index in [2.05, 4.69) is 9.80 Å². The van der Waals surface area contributed by atoms with Crippen LogP contribution in [0.5, 0.6) is 0 Å². The van der Waals surface area contributed by atoms with E-state index in [9.17, 15) is 9.59 Å². The molecule has 0 aromatic heterocycles. The zero-order chi connectivity index (χ0) is 20.9. The smallest absolute Gasteiger partial charge is 0.327 e. The second kappa shape index (κ2) is 7.83. The van der Waals surface area contributed by atoms with E-state index in [4.69, 9.17) is 16.3 Å². The third-order valence-electron chi connectivity index (χ3n) is 8.07. The van der Waals surface area contributed by atoms with Gasteiger partial charge >= 0.3 is 5.97 Å². The monoisotopic (exact) mass is 430 g/mol. The number of ether oxygens (including phenoxy) is 1. The van der Waals surface area contributed by atoms with Crippen LogP contribution >= 0.6 is 11.6 Å². The summed E-state index contributed by atoms with van der Waals surface area (Å²) in [5.41, 5.74) is 0.793. The van der Waals surface area contributed by atoms with Gasteiger partial charge in [-0.2, -0.15) is 0 Å². The van der Waals surface area contributed by atoms with Gasteiger partial charge in [-0.1, -0.05) is 23.7 Å². The minimum absolute atomic E-state index is 0.0884. The SMILES string of the molecule is COC(=O)C(c1ccc(Cl)cc1)N1CCN(C(=O)C23CC4CC(CC(C4)C2)C3)CC1. The number of piperazine rings is 1. The van der Waals surface area contributed by atoms with Gasteiger partial charge in [-0.3, -0.25) is 9.69 Å². The van der Waals surface area contributed by atoms with Gasteiger partial charge in [0.2, 0.25) is 5.91 Å². The largest absolute Gasteiger partial charge is 0.468 e. The van der Waals surface area contributed by atoms with Crippen molar-refractivity contribution in [1.82, 2.24) is 9.80 Å². The molecule has 5 nitrogen and oxygen atoms in total. The molecule has 162 valence electrons. The quantitative estimate of drug-likeness (QED) is 0.679. The molecule has 30 heavy (non-hydrogen) atoms. The summed E-state index contributed by atoms with van der Waals surface area (Å²) in [4.78, 5) is 30.4. The van der Waals surface area contributed by atoms with E-state index >= 15 is 0 Å². The number of carbonyl (C=O) groups is 2. The lowest BCUT2D eigenvalue weighted by Crippen LogP contribution is -2.58. The van der Waals surface area contributed by atoms with Gasteiger partial charge in [0.15, 0.2) is 0 Å². The fraction of sp³-hybridized carbons (Fsp3) is 0.667. The molecule has 6 heteroatoms. The molecule has 5 fully saturated rings. The summed E-state index contributed by atoms with van der Waals surface area (Å²) in [7, 11) is 1.43. The highest BCUT2D eigenvalue weighted by atomic mass is 35.5. The normalized spacial score (nSPS) is 34.1. The van der Waals surface area contributed by atoms with Gasteiger partial charge in [0.1, 0.15) is 6.04 Å². The highest BCUT2D eigenvalue weighted by Gasteiger charge is 2.55. The zero-order valence-electron chi connectivity index (χ0n) is 17.7. The number of esters is 1. The summed E-state index contributed by atoms with van der Waals surface area (Å²) in [6, 6.07) is 6.93. The molecule has 1 aliphatic heterocycles. The first-order valence-electron chi connectivity index (χ1n) is 11.3. The van der Waals surface area contributed by atoms with E-state index in [1.807, 2.05) is 12.1 Å². The lowest BCUT2D eigenvalue weighted by Gasteiger charge is -2.57. The summed E-state index contributed by atoms with van der Waals surface area (Å²) >= 11 is 6.02. The third-order valence-corrected chi connectivity index (χ3v) is 8.32. The van der Waals surface area contributed by atoms with Gasteiger partial charge in [-0.25, -0.2) is 4.79 Å². The molecule has 0 N–H and O–H groups in total. The molecule has 4 aliphatic carbocycles. The maximum atomic E-state index is 13.6. The van der Waals surface area contributed by atoms with Crippen LogP contribution in [0.2, 0.25) is 5.02 Å². The Morgan fingerprint density at radius 3 is 2.00 bits per heavy atom. The van der Waals surface area contributed by atoms with E-state index in [0.717, 1.165) is 42.6 Å². The lowest BCUT2D eigenvalue weighted by molar-refractivity contribution is -0.160. The van der Waals surface area contributed by atoms with Crippen molar-refractivity contribution in [3.05, 3.63) is 34.9 Å². The van der Waals surface area contributed by atoms with Crippen molar-refractivity contribution in [3.8, 4) is 0 Å². The number of benzene rings is 1. The van der Waals surface area contributed by atoms with Gasteiger partial charge in [0, 0.05) is 31.2 Å². The Labute approximate surface area is 183 Å². The van der Waals surface area contributed by atoms with E-state index in [1.165, 1.54) is 26.4 Å². The Balaban J connectivity index is 1.28. The average Bonchev–Trinajstić information content (AvgIpc) is 2.74. The van der Waals surface area contributed by atoms with E-state index in [1.54, 1.807) is 12.1 Å². The van der Waals surface area contributed by atoms with Crippen molar-refractivity contribution < 1.29 is 14.3 Å². The second-order valence-corrected chi connectivity index (χ2v) is 10.4. The Hall–Kier alpha value is -1.59. The number of carbonyl (C=O) groups excluding carboxylic acids is 2. The number of nitrogens with zero attached hydrogens (tertiary/aromatic N) is 2. The first kappa shape index (κ1) is 20.3. The summed E-state index contributed by atoms with van der Waals surface area (Å²) < 4.78 is 5.10. The third kappa shape index (κ3) is 3.54. The van der Waals surface area contributed by atoms with Crippen LogP contribution in [-0.4, -0.2) is 55.0 Å². The van der Waals surface area contributed by atoms with Crippen molar-refractivity contribution in [1.29, 1.82) is 0 Å². The van der Waals surface area contributed by atoms with Crippen LogP contribution < -0.4 is 0 Å². The maximum Gasteiger partial charge on any atom is 0.327 e. The fourth-order valence-corrected chi connectivity index (χ4v) is 7.27. The highest BCUT2D eigenvalue weighted by Crippen LogP contribution is 2.60. The number of amides is 1. The molecule has 6 rings (SSSR count). The topological polar surface area (TPSA) is 49.9 Å². The summed E-state index contributed by atoms with van der Waals surface area (Å²) in [5.74, 6) is 2.45. The lowest BCUT2D eigenvalue weighted by atomic mass is 9.49. The minimum Gasteiger partial charge on any atom is -0.468 e. The number of rotatable bonds is 4. The molecule has 1 aromatic rings. The summed E-state index contributed by atoms with van der Waals surface area (Å²) in [5, 5.41) is 0.647. The molecule has 4 saturated carbocycles. The van der Waals surface area contributed by atoms with Gasteiger partial charge in [-0.15, -0.1) is 0 Å².